The van der Waals surface area contributed by atoms with Crippen LogP contribution in [0.2, 0.25) is 0 Å². The molecule has 40 heavy (non-hydrogen) atoms. The third-order valence-electron chi connectivity index (χ3n) is 6.93. The highest BCUT2D eigenvalue weighted by Gasteiger charge is 2.31. The van der Waals surface area contributed by atoms with Gasteiger partial charge in [-0.05, 0) is 18.6 Å². The Morgan fingerprint density at radius 2 is 1.85 bits per heavy atom. The van der Waals surface area contributed by atoms with Crippen molar-refractivity contribution in [3.63, 3.8) is 0 Å². The second kappa shape index (κ2) is 11.6. The van der Waals surface area contributed by atoms with Gasteiger partial charge >= 0.3 is 12.2 Å². The zero-order chi connectivity index (χ0) is 28.3. The topological polar surface area (TPSA) is 106 Å². The molecule has 2 amide bonds. The van der Waals surface area contributed by atoms with Gasteiger partial charge in [-0.25, -0.2) is 9.78 Å². The van der Waals surface area contributed by atoms with Crippen molar-refractivity contribution in [2.75, 3.05) is 76.8 Å². The molecule has 0 radical (unpaired) electrons. The van der Waals surface area contributed by atoms with Crippen LogP contribution in [0.1, 0.15) is 6.42 Å². The fourth-order valence-corrected chi connectivity index (χ4v) is 5.03. The third-order valence-corrected chi connectivity index (χ3v) is 6.93. The Balaban J connectivity index is 1.49. The van der Waals surface area contributed by atoms with Gasteiger partial charge in [0.15, 0.2) is 18.1 Å². The van der Waals surface area contributed by atoms with Crippen molar-refractivity contribution < 1.29 is 32.2 Å². The lowest BCUT2D eigenvalue weighted by Gasteiger charge is -2.32. The first kappa shape index (κ1) is 27.6. The molecular weight excluding hydrogens is 529 g/mol. The molecule has 4 heterocycles. The van der Waals surface area contributed by atoms with Crippen molar-refractivity contribution in [3.05, 3.63) is 36.5 Å². The molecular formula is C27H31F3N6O4. The summed E-state index contributed by atoms with van der Waals surface area (Å²) in [5.74, 6) is 0.572. The van der Waals surface area contributed by atoms with Crippen LogP contribution in [0.3, 0.4) is 0 Å². The number of nitrogen functional groups attached to an aromatic ring is 1. The number of halogens is 3. The maximum absolute atomic E-state index is 13.1. The second-order valence-electron chi connectivity index (χ2n) is 9.58. The maximum atomic E-state index is 13.1. The van der Waals surface area contributed by atoms with E-state index in [1.54, 1.807) is 24.3 Å². The molecule has 0 spiro atoms. The Hall–Kier alpha value is -4.00. The van der Waals surface area contributed by atoms with Crippen molar-refractivity contribution in [3.8, 4) is 22.8 Å². The van der Waals surface area contributed by atoms with Crippen molar-refractivity contribution in [1.29, 1.82) is 0 Å². The second-order valence-corrected chi connectivity index (χ2v) is 9.58. The van der Waals surface area contributed by atoms with Gasteiger partial charge in [-0.2, -0.15) is 13.2 Å². The summed E-state index contributed by atoms with van der Waals surface area (Å²) in [7, 11) is 1.35. The molecule has 2 aliphatic heterocycles. The van der Waals surface area contributed by atoms with Gasteiger partial charge in [-0.1, -0.05) is 6.07 Å². The summed E-state index contributed by atoms with van der Waals surface area (Å²) in [5.41, 5.74) is 7.94. The monoisotopic (exact) mass is 560 g/mol. The molecule has 0 bridgehead atoms. The van der Waals surface area contributed by atoms with E-state index in [1.165, 1.54) is 19.4 Å². The van der Waals surface area contributed by atoms with Gasteiger partial charge in [0.25, 0.3) is 0 Å². The molecule has 2 N–H and O–H groups in total. The number of urea groups is 1. The van der Waals surface area contributed by atoms with Crippen molar-refractivity contribution in [2.24, 2.45) is 0 Å². The number of benzene rings is 1. The van der Waals surface area contributed by atoms with E-state index in [0.29, 0.717) is 80.6 Å². The van der Waals surface area contributed by atoms with Gasteiger partial charge in [-0.15, -0.1) is 0 Å². The Kier molecular flexibility index (Phi) is 8.01. The number of hydrogen-bond acceptors (Lipinski definition) is 8. The van der Waals surface area contributed by atoms with Crippen LogP contribution < -0.4 is 20.1 Å². The van der Waals surface area contributed by atoms with Crippen molar-refractivity contribution >= 4 is 28.4 Å². The first-order chi connectivity index (χ1) is 19.2. The van der Waals surface area contributed by atoms with E-state index in [9.17, 15) is 18.0 Å². The van der Waals surface area contributed by atoms with Gasteiger partial charge in [0.2, 0.25) is 0 Å². The molecule has 10 nitrogen and oxygen atoms in total. The van der Waals surface area contributed by atoms with Crippen LogP contribution in [0, 0.1) is 0 Å². The van der Waals surface area contributed by atoms with Crippen LogP contribution in [0.5, 0.6) is 11.5 Å². The Morgan fingerprint density at radius 3 is 2.55 bits per heavy atom. The lowest BCUT2D eigenvalue weighted by atomic mass is 10.0. The average molecular weight is 561 g/mol. The largest absolute Gasteiger partial charge is 0.493 e. The smallest absolute Gasteiger partial charge is 0.422 e. The molecule has 214 valence electrons. The Morgan fingerprint density at radius 1 is 1.07 bits per heavy atom. The lowest BCUT2D eigenvalue weighted by Crippen LogP contribution is -2.49. The van der Waals surface area contributed by atoms with Gasteiger partial charge in [0.1, 0.15) is 5.82 Å². The number of nitrogens with zero attached hydrogens (tertiary/aromatic N) is 5. The number of aromatic nitrogens is 2. The molecule has 0 saturated carbocycles. The molecule has 13 heteroatoms. The van der Waals surface area contributed by atoms with Gasteiger partial charge in [0.05, 0.1) is 37.1 Å². The van der Waals surface area contributed by atoms with E-state index in [1.807, 2.05) is 9.80 Å². The summed E-state index contributed by atoms with van der Waals surface area (Å²) in [4.78, 5) is 27.9. The van der Waals surface area contributed by atoms with Crippen LogP contribution in [0.25, 0.3) is 22.2 Å². The summed E-state index contributed by atoms with van der Waals surface area (Å²) in [5, 5.41) is 0.416. The van der Waals surface area contributed by atoms with E-state index in [4.69, 9.17) is 24.9 Å². The minimum atomic E-state index is -4.56. The van der Waals surface area contributed by atoms with Gasteiger partial charge < -0.3 is 34.6 Å². The van der Waals surface area contributed by atoms with E-state index in [0.717, 1.165) is 6.42 Å². The average Bonchev–Trinajstić information content (AvgIpc) is 3.22. The number of fused-ring (bicyclic) bond motifs is 1. The van der Waals surface area contributed by atoms with Crippen LogP contribution in [-0.4, -0.2) is 98.2 Å². The molecule has 0 aliphatic carbocycles. The highest BCUT2D eigenvalue weighted by Crippen LogP contribution is 2.46. The number of morpholine rings is 1. The zero-order valence-electron chi connectivity index (χ0n) is 22.1. The summed E-state index contributed by atoms with van der Waals surface area (Å²) in [6.07, 6.45) is -2.28. The third kappa shape index (κ3) is 5.93. The molecule has 2 aromatic heterocycles. The number of carbonyl (C=O) groups excluding carboxylic acids is 1. The maximum Gasteiger partial charge on any atom is 0.422 e. The molecule has 5 rings (SSSR count). The first-order valence-corrected chi connectivity index (χ1v) is 13.0. The molecule has 0 atom stereocenters. The number of ether oxygens (including phenoxy) is 3. The molecule has 3 aromatic rings. The number of nitrogens with two attached hydrogens (primary N) is 1. The van der Waals surface area contributed by atoms with E-state index >= 15 is 0 Å². The van der Waals surface area contributed by atoms with E-state index in [2.05, 4.69) is 9.88 Å². The minimum absolute atomic E-state index is 0.00672. The zero-order valence-corrected chi connectivity index (χ0v) is 22.1. The number of pyridine rings is 2. The summed E-state index contributed by atoms with van der Waals surface area (Å²) < 4.78 is 55.4. The molecule has 2 saturated heterocycles. The molecule has 2 aliphatic rings. The van der Waals surface area contributed by atoms with Crippen molar-refractivity contribution in [2.45, 2.75) is 12.6 Å². The van der Waals surface area contributed by atoms with E-state index in [-0.39, 0.29) is 23.1 Å². The standard InChI is InChI=1S/C27H31F3N6O4/c1-38-21-16-20-23(24(19-5-2-3-6-32-19)25(21)40-17-27(28,29)30)18(31)15-22(33-20)34-7-4-8-35(10-9-34)26(37)36-11-13-39-14-12-36/h2-3,5-6,15-16H,4,7-14,17H2,1H3,(H2,31,33). The lowest BCUT2D eigenvalue weighted by molar-refractivity contribution is -0.153. The quantitative estimate of drug-likeness (QED) is 0.503. The SMILES string of the molecule is COc1cc2nc(N3CCCN(C(=O)N4CCOCC4)CC3)cc(N)c2c(-c2ccccn2)c1OCC(F)(F)F. The number of amides is 2. The fraction of sp³-hybridized carbons (Fsp3) is 0.444. The van der Waals surface area contributed by atoms with Gasteiger partial charge in [0, 0.05) is 68.7 Å². The normalized spacial score (nSPS) is 16.6. The number of alkyl halides is 3. The van der Waals surface area contributed by atoms with Crippen LogP contribution in [0.15, 0.2) is 36.5 Å². The highest BCUT2D eigenvalue weighted by atomic mass is 19.4. The number of anilines is 2. The van der Waals surface area contributed by atoms with Crippen molar-refractivity contribution in [1.82, 2.24) is 19.8 Å². The number of rotatable bonds is 5. The summed E-state index contributed by atoms with van der Waals surface area (Å²) >= 11 is 0. The van der Waals surface area contributed by atoms with E-state index < -0.39 is 12.8 Å². The molecule has 2 fully saturated rings. The number of methoxy groups -OCH3 is 1. The van der Waals surface area contributed by atoms with Gasteiger partial charge in [-0.3, -0.25) is 4.98 Å². The number of carbonyl (C=O) groups is 1. The minimum Gasteiger partial charge on any atom is -0.493 e. The molecule has 0 unspecified atom stereocenters. The predicted molar refractivity (Wildman–Crippen MR) is 144 cm³/mol. The molecule has 1 aromatic carbocycles. The summed E-state index contributed by atoms with van der Waals surface area (Å²) in [6, 6.07) is 8.33. The van der Waals surface area contributed by atoms with Crippen LogP contribution >= 0.6 is 0 Å². The summed E-state index contributed by atoms with van der Waals surface area (Å²) in [6.45, 7) is 3.07. The Labute approximate surface area is 229 Å². The Bertz CT molecular complexity index is 1350. The van der Waals surface area contributed by atoms with Crippen LogP contribution in [0.4, 0.5) is 29.5 Å². The highest BCUT2D eigenvalue weighted by molar-refractivity contribution is 6.06. The first-order valence-electron chi connectivity index (χ1n) is 13.0. The predicted octanol–water partition coefficient (Wildman–Crippen LogP) is 3.79. The fourth-order valence-electron chi connectivity index (χ4n) is 5.03. The van der Waals surface area contributed by atoms with Crippen LogP contribution in [-0.2, 0) is 4.74 Å². The number of hydrogen-bond donors (Lipinski definition) is 1.